The maximum atomic E-state index is 13.2. The summed E-state index contributed by atoms with van der Waals surface area (Å²) in [7, 11) is 0. The van der Waals surface area contributed by atoms with Crippen LogP contribution in [0, 0.1) is 0 Å². The van der Waals surface area contributed by atoms with Crippen LogP contribution in [0.1, 0.15) is 29.7 Å². The summed E-state index contributed by atoms with van der Waals surface area (Å²) in [6.07, 6.45) is 0. The summed E-state index contributed by atoms with van der Waals surface area (Å²) in [5.74, 6) is 0.715. The van der Waals surface area contributed by atoms with Gasteiger partial charge in [-0.25, -0.2) is 4.79 Å². The number of ether oxygens (including phenoxy) is 2. The Morgan fingerprint density at radius 3 is 2.43 bits per heavy atom. The van der Waals surface area contributed by atoms with Crippen LogP contribution >= 0.6 is 11.6 Å². The molecule has 0 saturated carbocycles. The van der Waals surface area contributed by atoms with E-state index >= 15 is 0 Å². The minimum atomic E-state index is -0.546. The fraction of sp³-hybridized carbons (Fsp3) is 0.154. The number of nitrogens with zero attached hydrogens (tertiary/aromatic N) is 4. The second-order valence-electron chi connectivity index (χ2n) is 8.06. The van der Waals surface area contributed by atoms with E-state index < -0.39 is 12.0 Å². The molecule has 1 atom stereocenters. The van der Waals surface area contributed by atoms with E-state index in [1.807, 2.05) is 85.8 Å². The molecular formula is C26H22ClN5O3. The zero-order chi connectivity index (χ0) is 24.2. The van der Waals surface area contributed by atoms with E-state index in [1.165, 1.54) is 0 Å². The first-order valence-electron chi connectivity index (χ1n) is 11.0. The molecule has 8 nitrogen and oxygen atoms in total. The number of allylic oxidation sites excluding steroid dienone is 1. The number of nitrogens with one attached hydrogen (secondary N) is 1. The predicted octanol–water partition coefficient (Wildman–Crippen LogP) is 4.94. The molecule has 1 unspecified atom stereocenters. The third-order valence-electron chi connectivity index (χ3n) is 5.66. The van der Waals surface area contributed by atoms with Crippen LogP contribution in [0.3, 0.4) is 0 Å². The van der Waals surface area contributed by atoms with Crippen molar-refractivity contribution in [1.29, 1.82) is 0 Å². The Bertz CT molecular complexity index is 1350. The predicted molar refractivity (Wildman–Crippen MR) is 131 cm³/mol. The number of carbonyl (C=O) groups excluding carboxylic acids is 1. The van der Waals surface area contributed by atoms with E-state index in [0.29, 0.717) is 34.6 Å². The van der Waals surface area contributed by atoms with Crippen molar-refractivity contribution in [3.05, 3.63) is 112 Å². The number of anilines is 1. The average Bonchev–Trinajstić information content (AvgIpc) is 3.35. The van der Waals surface area contributed by atoms with E-state index in [2.05, 4.69) is 20.8 Å². The highest BCUT2D eigenvalue weighted by Gasteiger charge is 2.35. The normalized spacial score (nSPS) is 14.7. The van der Waals surface area contributed by atoms with Gasteiger partial charge in [0.15, 0.2) is 0 Å². The molecule has 35 heavy (non-hydrogen) atoms. The number of benzene rings is 3. The van der Waals surface area contributed by atoms with Crippen molar-refractivity contribution in [2.75, 3.05) is 5.32 Å². The highest BCUT2D eigenvalue weighted by atomic mass is 35.5. The van der Waals surface area contributed by atoms with Crippen molar-refractivity contribution >= 4 is 23.5 Å². The molecule has 1 N–H and O–H groups in total. The molecule has 9 heteroatoms. The van der Waals surface area contributed by atoms with E-state index in [4.69, 9.17) is 21.1 Å². The van der Waals surface area contributed by atoms with E-state index in [1.54, 1.807) is 4.68 Å². The van der Waals surface area contributed by atoms with E-state index in [0.717, 1.165) is 16.7 Å². The monoisotopic (exact) mass is 487 g/mol. The molecule has 2 heterocycles. The summed E-state index contributed by atoms with van der Waals surface area (Å²) in [6.45, 7) is 2.40. The van der Waals surface area contributed by atoms with Gasteiger partial charge in [0.2, 0.25) is 5.95 Å². The second-order valence-corrected chi connectivity index (χ2v) is 8.50. The van der Waals surface area contributed by atoms with Crippen LogP contribution in [0.5, 0.6) is 5.75 Å². The van der Waals surface area contributed by atoms with E-state index in [9.17, 15) is 4.79 Å². The number of hydrogen-bond donors (Lipinski definition) is 1. The average molecular weight is 488 g/mol. The molecule has 0 spiro atoms. The second kappa shape index (κ2) is 9.99. The molecule has 0 fully saturated rings. The molecule has 0 amide bonds. The van der Waals surface area contributed by atoms with Gasteiger partial charge in [-0.1, -0.05) is 71.3 Å². The van der Waals surface area contributed by atoms with Crippen molar-refractivity contribution in [2.24, 2.45) is 0 Å². The molecule has 3 aromatic carbocycles. The van der Waals surface area contributed by atoms with Crippen molar-refractivity contribution in [3.8, 4) is 5.75 Å². The first kappa shape index (κ1) is 22.6. The van der Waals surface area contributed by atoms with Crippen molar-refractivity contribution in [3.63, 3.8) is 0 Å². The Kier molecular flexibility index (Phi) is 6.45. The number of tetrazole rings is 1. The Balaban J connectivity index is 1.36. The minimum absolute atomic E-state index is 0.170. The number of rotatable bonds is 7. The number of fused-ring (bicyclic) bond motifs is 1. The summed E-state index contributed by atoms with van der Waals surface area (Å²) >= 11 is 5.95. The van der Waals surface area contributed by atoms with Crippen molar-refractivity contribution in [1.82, 2.24) is 20.2 Å². The molecule has 4 aromatic rings. The van der Waals surface area contributed by atoms with Crippen LogP contribution < -0.4 is 10.1 Å². The Labute approximate surface area is 207 Å². The van der Waals surface area contributed by atoms with Crippen molar-refractivity contribution in [2.45, 2.75) is 26.2 Å². The van der Waals surface area contributed by atoms with Gasteiger partial charge in [-0.15, -0.1) is 0 Å². The lowest BCUT2D eigenvalue weighted by Crippen LogP contribution is -2.29. The first-order chi connectivity index (χ1) is 17.1. The quantitative estimate of drug-likeness (QED) is 0.369. The summed E-state index contributed by atoms with van der Waals surface area (Å²) < 4.78 is 13.1. The standard InChI is InChI=1S/C26H22ClN5O3/c1-17-23(25(33)35-16-18-5-3-2-4-6-18)24(32-26(28-17)29-30-31-32)20-9-13-22(14-10-20)34-15-19-7-11-21(27)12-8-19/h2-14,24H,15-16H2,1H3,(H,28,29,31). The highest BCUT2D eigenvalue weighted by molar-refractivity contribution is 6.30. The zero-order valence-corrected chi connectivity index (χ0v) is 19.6. The summed E-state index contributed by atoms with van der Waals surface area (Å²) in [5.41, 5.74) is 3.82. The maximum absolute atomic E-state index is 13.2. The molecule has 0 aliphatic carbocycles. The fourth-order valence-electron chi connectivity index (χ4n) is 3.88. The number of aromatic nitrogens is 4. The molecule has 0 saturated heterocycles. The van der Waals surface area contributed by atoms with Gasteiger partial charge in [-0.3, -0.25) is 0 Å². The number of hydrogen-bond acceptors (Lipinski definition) is 7. The molecular weight excluding hydrogens is 466 g/mol. The highest BCUT2D eigenvalue weighted by Crippen LogP contribution is 2.35. The van der Waals surface area contributed by atoms with Crippen LogP contribution in [0.4, 0.5) is 5.95 Å². The van der Waals surface area contributed by atoms with Gasteiger partial charge >= 0.3 is 5.97 Å². The lowest BCUT2D eigenvalue weighted by molar-refractivity contribution is -0.140. The van der Waals surface area contributed by atoms with Gasteiger partial charge in [-0.05, 0) is 58.3 Å². The summed E-state index contributed by atoms with van der Waals surface area (Å²) in [4.78, 5) is 13.2. The van der Waals surface area contributed by atoms with Gasteiger partial charge in [0.05, 0.1) is 5.57 Å². The summed E-state index contributed by atoms with van der Waals surface area (Å²) in [5, 5.41) is 15.7. The van der Waals surface area contributed by atoms with Gasteiger partial charge < -0.3 is 14.8 Å². The molecule has 176 valence electrons. The number of carbonyl (C=O) groups is 1. The van der Waals surface area contributed by atoms with Crippen LogP contribution in [-0.4, -0.2) is 26.2 Å². The zero-order valence-electron chi connectivity index (χ0n) is 18.9. The molecule has 5 rings (SSSR count). The fourth-order valence-corrected chi connectivity index (χ4v) is 4.01. The molecule has 0 radical (unpaired) electrons. The SMILES string of the molecule is CC1=C(C(=O)OCc2ccccc2)C(c2ccc(OCc3ccc(Cl)cc3)cc2)n2nnnc2N1. The van der Waals surface area contributed by atoms with Gasteiger partial charge in [0.1, 0.15) is 25.0 Å². The molecule has 1 aliphatic rings. The number of halogens is 1. The first-order valence-corrected chi connectivity index (χ1v) is 11.4. The van der Waals surface area contributed by atoms with Crippen LogP contribution in [0.25, 0.3) is 0 Å². The van der Waals surface area contributed by atoms with Gasteiger partial charge in [0.25, 0.3) is 0 Å². The van der Waals surface area contributed by atoms with Crippen LogP contribution in [-0.2, 0) is 22.7 Å². The van der Waals surface area contributed by atoms with Gasteiger partial charge in [-0.2, -0.15) is 4.68 Å². The Morgan fingerprint density at radius 1 is 0.971 bits per heavy atom. The van der Waals surface area contributed by atoms with Crippen LogP contribution in [0.15, 0.2) is 90.1 Å². The maximum Gasteiger partial charge on any atom is 0.338 e. The smallest absolute Gasteiger partial charge is 0.338 e. The largest absolute Gasteiger partial charge is 0.489 e. The topological polar surface area (TPSA) is 91.2 Å². The lowest BCUT2D eigenvalue weighted by atomic mass is 9.95. The molecule has 1 aromatic heterocycles. The third kappa shape index (κ3) is 5.02. The van der Waals surface area contributed by atoms with Crippen molar-refractivity contribution < 1.29 is 14.3 Å². The Morgan fingerprint density at radius 2 is 1.69 bits per heavy atom. The molecule has 0 bridgehead atoms. The Hall–Kier alpha value is -4.17. The lowest BCUT2D eigenvalue weighted by Gasteiger charge is -2.27. The van der Waals surface area contributed by atoms with Gasteiger partial charge in [0, 0.05) is 10.7 Å². The van der Waals surface area contributed by atoms with E-state index in [-0.39, 0.29) is 6.61 Å². The number of esters is 1. The summed E-state index contributed by atoms with van der Waals surface area (Å²) in [6, 6.07) is 24.0. The minimum Gasteiger partial charge on any atom is -0.489 e. The third-order valence-corrected chi connectivity index (χ3v) is 5.91. The van der Waals surface area contributed by atoms with Crippen LogP contribution in [0.2, 0.25) is 5.02 Å². The molecule has 1 aliphatic heterocycles.